The summed E-state index contributed by atoms with van der Waals surface area (Å²) in [5.41, 5.74) is 2.42. The highest BCUT2D eigenvalue weighted by molar-refractivity contribution is 6.66. The fraction of sp³-hybridized carbons (Fsp3) is 0.652. The van der Waals surface area contributed by atoms with Crippen LogP contribution in [0.4, 0.5) is 0 Å². The van der Waals surface area contributed by atoms with E-state index in [0.29, 0.717) is 50.0 Å². The second-order valence-electron chi connectivity index (χ2n) is 7.00. The van der Waals surface area contributed by atoms with Crippen molar-refractivity contribution in [2.24, 2.45) is 0 Å². The van der Waals surface area contributed by atoms with Crippen LogP contribution >= 0.6 is 0 Å². The molecule has 0 spiro atoms. The Morgan fingerprint density at radius 1 is 0.771 bits per heavy atom. The van der Waals surface area contributed by atoms with E-state index in [1.165, 1.54) is 21.3 Å². The van der Waals surface area contributed by atoms with Crippen molar-refractivity contribution >= 4 is 29.5 Å². The minimum absolute atomic E-state index is 0.135. The Balaban J connectivity index is 0. The number of carbonyl (C=O) groups excluding carboxylic acids is 2. The molecule has 0 aliphatic carbocycles. The highest BCUT2D eigenvalue weighted by atomic mass is 28.4. The predicted octanol–water partition coefficient (Wildman–Crippen LogP) is 3.62. The Labute approximate surface area is 212 Å². The highest BCUT2D eigenvalue weighted by Gasteiger charge is 2.39. The smallest absolute Gasteiger partial charge is 0.462 e. The molecule has 0 rings (SSSR count). The fourth-order valence-corrected chi connectivity index (χ4v) is 6.34. The first-order valence-corrected chi connectivity index (χ1v) is 15.2. The van der Waals surface area contributed by atoms with Crippen LogP contribution in [0.3, 0.4) is 0 Å². The zero-order chi connectivity index (χ0) is 27.3. The molecule has 12 heteroatoms. The van der Waals surface area contributed by atoms with Crippen LogP contribution in [0, 0.1) is 0 Å². The van der Waals surface area contributed by atoms with E-state index >= 15 is 0 Å². The molecule has 0 amide bonds. The summed E-state index contributed by atoms with van der Waals surface area (Å²) in [7, 11) is -0.809. The van der Waals surface area contributed by atoms with Crippen LogP contribution in [0.2, 0.25) is 6.04 Å². The fourth-order valence-electron chi connectivity index (χ4n) is 2.47. The lowest BCUT2D eigenvalue weighted by Crippen LogP contribution is -2.46. The van der Waals surface area contributed by atoms with Gasteiger partial charge < -0.3 is 36.0 Å². The van der Waals surface area contributed by atoms with Crippen molar-refractivity contribution in [3.63, 3.8) is 0 Å². The zero-order valence-corrected chi connectivity index (χ0v) is 24.6. The van der Waals surface area contributed by atoms with Crippen molar-refractivity contribution in [3.05, 3.63) is 36.1 Å². The SMILES string of the molecule is C=C(C)C(=O)OCC=C[Si](OC)(OC)OC.C=C(C)C(=O)OCCC[Si](OCC)(OCC)OCC. The van der Waals surface area contributed by atoms with Crippen molar-refractivity contribution < 1.29 is 45.6 Å². The lowest BCUT2D eigenvalue weighted by molar-refractivity contribution is -0.139. The van der Waals surface area contributed by atoms with Crippen molar-refractivity contribution in [3.8, 4) is 0 Å². The molecule has 10 nitrogen and oxygen atoms in total. The van der Waals surface area contributed by atoms with Crippen LogP contribution in [0.1, 0.15) is 41.0 Å². The number of carbonyl (C=O) groups is 2. The summed E-state index contributed by atoms with van der Waals surface area (Å²) in [4.78, 5) is 22.3. The van der Waals surface area contributed by atoms with Crippen LogP contribution in [0.15, 0.2) is 36.1 Å². The van der Waals surface area contributed by atoms with Gasteiger partial charge in [0, 0.05) is 58.3 Å². The Kier molecular flexibility index (Phi) is 20.8. The molecular weight excluding hydrogens is 492 g/mol. The monoisotopic (exact) mass is 536 g/mol. The average Bonchev–Trinajstić information content (AvgIpc) is 2.83. The second kappa shape index (κ2) is 20.5. The van der Waals surface area contributed by atoms with E-state index in [-0.39, 0.29) is 12.6 Å². The van der Waals surface area contributed by atoms with Crippen LogP contribution in [0.25, 0.3) is 0 Å². The van der Waals surface area contributed by atoms with Gasteiger partial charge in [-0.25, -0.2) is 9.59 Å². The van der Waals surface area contributed by atoms with Gasteiger partial charge in [0.15, 0.2) is 0 Å². The van der Waals surface area contributed by atoms with Crippen molar-refractivity contribution in [2.75, 3.05) is 54.4 Å². The maximum absolute atomic E-state index is 11.2. The first-order valence-electron chi connectivity index (χ1n) is 11.4. The average molecular weight is 537 g/mol. The summed E-state index contributed by atoms with van der Waals surface area (Å²) in [6.07, 6.45) is 2.29. The Bertz CT molecular complexity index is 637. The molecule has 0 atom stereocenters. The van der Waals surface area contributed by atoms with Gasteiger partial charge in [-0.1, -0.05) is 13.2 Å². The van der Waals surface area contributed by atoms with E-state index in [4.69, 9.17) is 36.0 Å². The van der Waals surface area contributed by atoms with Crippen molar-refractivity contribution in [1.29, 1.82) is 0 Å². The molecule has 0 N–H and O–H groups in total. The van der Waals surface area contributed by atoms with Crippen LogP contribution < -0.4 is 0 Å². The lowest BCUT2D eigenvalue weighted by Gasteiger charge is -2.28. The van der Waals surface area contributed by atoms with Crippen LogP contribution in [-0.4, -0.2) is 83.9 Å². The summed E-state index contributed by atoms with van der Waals surface area (Å²) in [6, 6.07) is 0.645. The van der Waals surface area contributed by atoms with Gasteiger partial charge in [-0.15, -0.1) is 0 Å². The van der Waals surface area contributed by atoms with E-state index in [0.717, 1.165) is 0 Å². The van der Waals surface area contributed by atoms with Gasteiger partial charge in [0.1, 0.15) is 6.61 Å². The van der Waals surface area contributed by atoms with E-state index < -0.39 is 23.6 Å². The molecule has 0 heterocycles. The van der Waals surface area contributed by atoms with E-state index in [9.17, 15) is 9.59 Å². The van der Waals surface area contributed by atoms with Gasteiger partial charge >= 0.3 is 29.5 Å². The highest BCUT2D eigenvalue weighted by Crippen LogP contribution is 2.18. The van der Waals surface area contributed by atoms with E-state index in [2.05, 4.69) is 13.2 Å². The predicted molar refractivity (Wildman–Crippen MR) is 138 cm³/mol. The molecular formula is C23H44O10Si2. The van der Waals surface area contributed by atoms with Gasteiger partial charge in [-0.05, 0) is 52.8 Å². The molecule has 0 saturated heterocycles. The molecule has 204 valence electrons. The van der Waals surface area contributed by atoms with Gasteiger partial charge in [-0.3, -0.25) is 0 Å². The molecule has 0 saturated carbocycles. The number of hydrogen-bond donors (Lipinski definition) is 0. The Morgan fingerprint density at radius 2 is 1.20 bits per heavy atom. The maximum Gasteiger partial charge on any atom is 0.528 e. The molecule has 0 aromatic heterocycles. The second-order valence-corrected chi connectivity index (χ2v) is 12.5. The number of hydrogen-bond acceptors (Lipinski definition) is 10. The first kappa shape index (κ1) is 35.5. The molecule has 0 aromatic carbocycles. The molecule has 0 radical (unpaired) electrons. The molecule has 0 bridgehead atoms. The molecule has 0 aliphatic rings. The van der Waals surface area contributed by atoms with Gasteiger partial charge in [0.05, 0.1) is 6.61 Å². The Hall–Kier alpha value is -1.65. The molecule has 0 fully saturated rings. The van der Waals surface area contributed by atoms with Crippen LogP contribution in [0.5, 0.6) is 0 Å². The largest absolute Gasteiger partial charge is 0.528 e. The minimum atomic E-state index is -2.71. The summed E-state index contributed by atoms with van der Waals surface area (Å²) < 4.78 is 42.4. The topological polar surface area (TPSA) is 108 Å². The maximum atomic E-state index is 11.2. The van der Waals surface area contributed by atoms with E-state index in [1.54, 1.807) is 25.6 Å². The molecule has 0 aromatic rings. The van der Waals surface area contributed by atoms with Gasteiger partial charge in [0.2, 0.25) is 0 Å². The first-order chi connectivity index (χ1) is 16.5. The van der Waals surface area contributed by atoms with Crippen LogP contribution in [-0.2, 0) is 45.6 Å². The van der Waals surface area contributed by atoms with Crippen molar-refractivity contribution in [1.82, 2.24) is 0 Å². The summed E-state index contributed by atoms with van der Waals surface area (Å²) in [5.74, 6) is -0.791. The quantitative estimate of drug-likeness (QED) is 0.111. The van der Waals surface area contributed by atoms with Gasteiger partial charge in [0.25, 0.3) is 0 Å². The number of ether oxygens (including phenoxy) is 2. The third kappa shape index (κ3) is 15.9. The zero-order valence-electron chi connectivity index (χ0n) is 22.6. The number of rotatable bonds is 18. The normalized spacial score (nSPS) is 11.5. The minimum Gasteiger partial charge on any atom is -0.462 e. The standard InChI is InChI=1S/C13H26O5Si.C10H18O5Si/c1-6-16-19(17-7-2,18-8-3)11-9-10-15-13(14)12(4)5;1-9(2)10(11)15-7-6-8-16(12-3,13-4)14-5/h4,6-11H2,1-3,5H3;6,8H,1,7H2,2-5H3. The lowest BCUT2D eigenvalue weighted by atomic mass is 10.4. The molecule has 0 unspecified atom stereocenters. The summed E-state index contributed by atoms with van der Waals surface area (Å²) in [6.45, 7) is 18.1. The number of esters is 2. The molecule has 35 heavy (non-hydrogen) atoms. The third-order valence-corrected chi connectivity index (χ3v) is 9.64. The Morgan fingerprint density at radius 3 is 1.57 bits per heavy atom. The van der Waals surface area contributed by atoms with E-state index in [1.807, 2.05) is 20.8 Å². The summed E-state index contributed by atoms with van der Waals surface area (Å²) >= 11 is 0. The van der Waals surface area contributed by atoms with Crippen molar-refractivity contribution in [2.45, 2.75) is 47.1 Å². The summed E-state index contributed by atoms with van der Waals surface area (Å²) in [5, 5.41) is 0. The third-order valence-electron chi connectivity index (χ3n) is 4.14. The molecule has 0 aliphatic heterocycles. The van der Waals surface area contributed by atoms with Gasteiger partial charge in [-0.2, -0.15) is 0 Å².